The zero-order valence-electron chi connectivity index (χ0n) is 13.6. The van der Waals surface area contributed by atoms with Crippen molar-refractivity contribution in [2.75, 3.05) is 12.4 Å². The van der Waals surface area contributed by atoms with Crippen LogP contribution in [0, 0.1) is 10.1 Å². The maximum Gasteiger partial charge on any atom is 0.270 e. The molecule has 1 atom stereocenters. The summed E-state index contributed by atoms with van der Waals surface area (Å²) in [6.45, 7) is 1.50. The highest BCUT2D eigenvalue weighted by atomic mass is 16.6. The normalized spacial score (nSPS) is 11.3. The van der Waals surface area contributed by atoms with E-state index < -0.39 is 22.8 Å². The van der Waals surface area contributed by atoms with Crippen LogP contribution in [-0.4, -0.2) is 34.9 Å². The maximum atomic E-state index is 12.1. The van der Waals surface area contributed by atoms with Crippen LogP contribution in [0.2, 0.25) is 0 Å². The molecule has 25 heavy (non-hydrogen) atoms. The minimum atomic E-state index is -0.853. The second-order valence-corrected chi connectivity index (χ2v) is 5.08. The fraction of sp³-hybridized carbons (Fsp3) is 0.188. The van der Waals surface area contributed by atoms with Crippen LogP contribution >= 0.6 is 0 Å². The minimum Gasteiger partial charge on any atom is -0.481 e. The van der Waals surface area contributed by atoms with Gasteiger partial charge in [-0.25, -0.2) is 4.98 Å². The smallest absolute Gasteiger partial charge is 0.270 e. The standard InChI is InChI=1S/C16H16N4O5/c1-10(15(21)19-12-6-7-14(25-2)17-9-12)18-16(22)11-4-3-5-13(8-11)20(23)24/h3-10H,1-2H3,(H,18,22)(H,19,21)/t10-/m1/s1. The molecule has 2 amide bonds. The van der Waals surface area contributed by atoms with E-state index in [9.17, 15) is 19.7 Å². The number of ether oxygens (including phenoxy) is 1. The van der Waals surface area contributed by atoms with Crippen molar-refractivity contribution in [2.45, 2.75) is 13.0 Å². The van der Waals surface area contributed by atoms with E-state index in [0.717, 1.165) is 6.07 Å². The van der Waals surface area contributed by atoms with Crippen molar-refractivity contribution >= 4 is 23.2 Å². The molecule has 2 N–H and O–H groups in total. The van der Waals surface area contributed by atoms with Crippen LogP contribution in [0.3, 0.4) is 0 Å². The molecule has 0 fully saturated rings. The Kier molecular flexibility index (Phi) is 5.62. The maximum absolute atomic E-state index is 12.1. The first-order valence-corrected chi connectivity index (χ1v) is 7.27. The molecular formula is C16H16N4O5. The number of nitrogens with one attached hydrogen (secondary N) is 2. The van der Waals surface area contributed by atoms with Gasteiger partial charge in [-0.3, -0.25) is 19.7 Å². The van der Waals surface area contributed by atoms with Crippen LogP contribution in [0.15, 0.2) is 42.6 Å². The SMILES string of the molecule is COc1ccc(NC(=O)[C@@H](C)NC(=O)c2cccc([N+](=O)[O-])c2)cn1. The van der Waals surface area contributed by atoms with Crippen LogP contribution < -0.4 is 15.4 Å². The van der Waals surface area contributed by atoms with Crippen LogP contribution in [0.4, 0.5) is 11.4 Å². The molecule has 2 aromatic rings. The first kappa shape index (κ1) is 17.9. The van der Waals surface area contributed by atoms with Gasteiger partial charge < -0.3 is 15.4 Å². The molecule has 0 saturated heterocycles. The molecule has 9 nitrogen and oxygen atoms in total. The van der Waals surface area contributed by atoms with Crippen LogP contribution in [0.5, 0.6) is 5.88 Å². The Morgan fingerprint density at radius 3 is 2.64 bits per heavy atom. The number of benzene rings is 1. The molecule has 1 aromatic heterocycles. The van der Waals surface area contributed by atoms with Crippen molar-refractivity contribution in [3.63, 3.8) is 0 Å². The topological polar surface area (TPSA) is 123 Å². The van der Waals surface area contributed by atoms with Crippen molar-refractivity contribution in [2.24, 2.45) is 0 Å². The lowest BCUT2D eigenvalue weighted by molar-refractivity contribution is -0.384. The van der Waals surface area contributed by atoms with Crippen molar-refractivity contribution in [3.05, 3.63) is 58.3 Å². The van der Waals surface area contributed by atoms with Crippen molar-refractivity contribution in [1.82, 2.24) is 10.3 Å². The number of nitro groups is 1. The van der Waals surface area contributed by atoms with Gasteiger partial charge in [0.1, 0.15) is 6.04 Å². The highest BCUT2D eigenvalue weighted by molar-refractivity contribution is 6.01. The van der Waals surface area contributed by atoms with Crippen LogP contribution in [0.1, 0.15) is 17.3 Å². The average Bonchev–Trinajstić information content (AvgIpc) is 2.62. The highest BCUT2D eigenvalue weighted by Crippen LogP contribution is 2.14. The summed E-state index contributed by atoms with van der Waals surface area (Å²) in [5.74, 6) is -0.630. The molecule has 0 bridgehead atoms. The van der Waals surface area contributed by atoms with E-state index in [1.807, 2.05) is 0 Å². The van der Waals surface area contributed by atoms with Crippen molar-refractivity contribution in [3.8, 4) is 5.88 Å². The summed E-state index contributed by atoms with van der Waals surface area (Å²) < 4.78 is 4.92. The number of pyridine rings is 1. The number of rotatable bonds is 6. The Bertz CT molecular complexity index is 791. The largest absolute Gasteiger partial charge is 0.481 e. The van der Waals surface area contributed by atoms with Gasteiger partial charge in [0.25, 0.3) is 11.6 Å². The number of hydrogen-bond donors (Lipinski definition) is 2. The second-order valence-electron chi connectivity index (χ2n) is 5.08. The Morgan fingerprint density at radius 1 is 1.28 bits per heavy atom. The van der Waals surface area contributed by atoms with Crippen molar-refractivity contribution < 1.29 is 19.2 Å². The number of nitro benzene ring substituents is 1. The first-order valence-electron chi connectivity index (χ1n) is 7.27. The highest BCUT2D eigenvalue weighted by Gasteiger charge is 2.18. The van der Waals surface area contributed by atoms with Crippen molar-refractivity contribution in [1.29, 1.82) is 0 Å². The molecular weight excluding hydrogens is 328 g/mol. The zero-order chi connectivity index (χ0) is 18.4. The third kappa shape index (κ3) is 4.74. The third-order valence-corrected chi connectivity index (χ3v) is 3.27. The predicted molar refractivity (Wildman–Crippen MR) is 89.4 cm³/mol. The quantitative estimate of drug-likeness (QED) is 0.608. The molecule has 1 aromatic carbocycles. The van der Waals surface area contributed by atoms with Gasteiger partial charge in [-0.05, 0) is 19.1 Å². The number of methoxy groups -OCH3 is 1. The van der Waals surface area contributed by atoms with E-state index in [4.69, 9.17) is 4.74 Å². The van der Waals surface area contributed by atoms with E-state index in [0.29, 0.717) is 11.6 Å². The molecule has 0 aliphatic rings. The summed E-state index contributed by atoms with van der Waals surface area (Å²) in [5.41, 5.74) is 0.344. The van der Waals surface area contributed by atoms with E-state index in [1.165, 1.54) is 38.4 Å². The number of anilines is 1. The number of nitrogens with zero attached hydrogens (tertiary/aromatic N) is 2. The summed E-state index contributed by atoms with van der Waals surface area (Å²) >= 11 is 0. The monoisotopic (exact) mass is 344 g/mol. The van der Waals surface area contributed by atoms with Gasteiger partial charge in [0.05, 0.1) is 23.9 Å². The lowest BCUT2D eigenvalue weighted by atomic mass is 10.1. The van der Waals surface area contributed by atoms with Crippen LogP contribution in [-0.2, 0) is 4.79 Å². The molecule has 1 heterocycles. The molecule has 0 unspecified atom stereocenters. The summed E-state index contributed by atoms with van der Waals surface area (Å²) in [6, 6.07) is 7.60. The fourth-order valence-corrected chi connectivity index (χ4v) is 1.93. The molecule has 9 heteroatoms. The Balaban J connectivity index is 1.98. The minimum absolute atomic E-state index is 0.0972. The summed E-state index contributed by atoms with van der Waals surface area (Å²) in [5, 5.41) is 15.8. The number of non-ortho nitro benzene ring substituents is 1. The van der Waals surface area contributed by atoms with Gasteiger partial charge in [0.15, 0.2) is 0 Å². The number of hydrogen-bond acceptors (Lipinski definition) is 6. The average molecular weight is 344 g/mol. The summed E-state index contributed by atoms with van der Waals surface area (Å²) in [6.07, 6.45) is 1.42. The predicted octanol–water partition coefficient (Wildman–Crippen LogP) is 1.76. The number of amides is 2. The third-order valence-electron chi connectivity index (χ3n) is 3.27. The van der Waals surface area contributed by atoms with Gasteiger partial charge in [-0.1, -0.05) is 6.07 Å². The Morgan fingerprint density at radius 2 is 2.04 bits per heavy atom. The Hall–Kier alpha value is -3.49. The second kappa shape index (κ2) is 7.86. The zero-order valence-corrected chi connectivity index (χ0v) is 13.6. The van der Waals surface area contributed by atoms with Gasteiger partial charge in [-0.15, -0.1) is 0 Å². The van der Waals surface area contributed by atoms with E-state index >= 15 is 0 Å². The van der Waals surface area contributed by atoms with E-state index in [2.05, 4.69) is 15.6 Å². The molecule has 0 saturated carbocycles. The Labute approximate surface area is 143 Å². The molecule has 2 rings (SSSR count). The molecule has 0 aliphatic carbocycles. The number of aromatic nitrogens is 1. The molecule has 0 radical (unpaired) electrons. The fourth-order valence-electron chi connectivity index (χ4n) is 1.93. The van der Waals surface area contributed by atoms with Crippen LogP contribution in [0.25, 0.3) is 0 Å². The van der Waals surface area contributed by atoms with E-state index in [1.54, 1.807) is 12.1 Å². The molecule has 130 valence electrons. The molecule has 0 aliphatic heterocycles. The summed E-state index contributed by atoms with van der Waals surface area (Å²) in [7, 11) is 1.48. The lowest BCUT2D eigenvalue weighted by Crippen LogP contribution is -2.41. The summed E-state index contributed by atoms with van der Waals surface area (Å²) in [4.78, 5) is 38.4. The number of carbonyl (C=O) groups is 2. The first-order chi connectivity index (χ1) is 11.9. The number of carbonyl (C=O) groups excluding carboxylic acids is 2. The molecule has 0 spiro atoms. The van der Waals surface area contributed by atoms with E-state index in [-0.39, 0.29) is 11.3 Å². The van der Waals surface area contributed by atoms with Gasteiger partial charge >= 0.3 is 0 Å². The van der Waals surface area contributed by atoms with Gasteiger partial charge in [-0.2, -0.15) is 0 Å². The van der Waals surface area contributed by atoms with Gasteiger partial charge in [0, 0.05) is 23.8 Å². The lowest BCUT2D eigenvalue weighted by Gasteiger charge is -2.14. The van der Waals surface area contributed by atoms with Gasteiger partial charge in [0.2, 0.25) is 11.8 Å².